The van der Waals surface area contributed by atoms with E-state index in [-0.39, 0.29) is 11.3 Å². The lowest BCUT2D eigenvalue weighted by atomic mass is 10.0. The van der Waals surface area contributed by atoms with E-state index in [0.717, 1.165) is 11.1 Å². The maximum Gasteiger partial charge on any atom is 0.335 e. The number of rotatable bonds is 6. The highest BCUT2D eigenvalue weighted by Crippen LogP contribution is 2.18. The summed E-state index contributed by atoms with van der Waals surface area (Å²) in [5, 5.41) is 8.94. The van der Waals surface area contributed by atoms with E-state index in [1.165, 1.54) is 18.2 Å². The molecular weight excluding hydrogens is 309 g/mol. The van der Waals surface area contributed by atoms with Crippen molar-refractivity contribution in [1.29, 1.82) is 0 Å². The normalized spacial score (nSPS) is 11.9. The van der Waals surface area contributed by atoms with Crippen LogP contribution in [0.3, 0.4) is 0 Å². The number of nitrogens with one attached hydrogen (secondary N) is 1. The van der Waals surface area contributed by atoms with Gasteiger partial charge in [-0.2, -0.15) is 0 Å². The molecule has 2 aromatic carbocycles. The van der Waals surface area contributed by atoms with Crippen molar-refractivity contribution in [3.8, 4) is 0 Å². The van der Waals surface area contributed by atoms with Gasteiger partial charge in [0.05, 0.1) is 11.3 Å². The van der Waals surface area contributed by atoms with Gasteiger partial charge in [-0.3, -0.25) is 4.21 Å². The quantitative estimate of drug-likeness (QED) is 0.800. The van der Waals surface area contributed by atoms with Gasteiger partial charge in [0.15, 0.2) is 0 Å². The second kappa shape index (κ2) is 7.15. The van der Waals surface area contributed by atoms with E-state index in [2.05, 4.69) is 0 Å². The van der Waals surface area contributed by atoms with Crippen LogP contribution in [0.2, 0.25) is 0 Å². The molecule has 0 saturated heterocycles. The molecule has 5 nitrogen and oxygen atoms in total. The third kappa shape index (κ3) is 4.37. The molecule has 22 heavy (non-hydrogen) atoms. The van der Waals surface area contributed by atoms with E-state index in [4.69, 9.17) is 5.11 Å². The topological polar surface area (TPSA) is 89.5 Å². The summed E-state index contributed by atoms with van der Waals surface area (Å²) in [5.74, 6) is -1.64. The Morgan fingerprint density at radius 2 is 1.86 bits per heavy atom. The first-order valence-electron chi connectivity index (χ1n) is 6.42. The van der Waals surface area contributed by atoms with E-state index >= 15 is 0 Å². The number of halogens is 1. The third-order valence-corrected chi connectivity index (χ3v) is 3.49. The third-order valence-electron chi connectivity index (χ3n) is 3.10. The van der Waals surface area contributed by atoms with E-state index in [1.54, 1.807) is 18.2 Å². The molecule has 2 N–H and O–H groups in total. The van der Waals surface area contributed by atoms with Crippen LogP contribution < -0.4 is 4.72 Å². The average Bonchev–Trinajstić information content (AvgIpc) is 2.48. The Hall–Kier alpha value is -2.25. The number of carbonyl (C=O) groups is 1. The molecule has 0 heterocycles. The lowest BCUT2D eigenvalue weighted by Gasteiger charge is -2.11. The van der Waals surface area contributed by atoms with Crippen LogP contribution in [0.5, 0.6) is 0 Å². The summed E-state index contributed by atoms with van der Waals surface area (Å²) < 4.78 is 36.6. The first-order chi connectivity index (χ1) is 10.5. The van der Waals surface area contributed by atoms with Crippen LogP contribution >= 0.6 is 0 Å². The highest BCUT2D eigenvalue weighted by Gasteiger charge is 2.06. The summed E-state index contributed by atoms with van der Waals surface area (Å²) in [5.41, 5.74) is 1.69. The largest absolute Gasteiger partial charge is 0.755 e. The molecule has 116 valence electrons. The van der Waals surface area contributed by atoms with E-state index < -0.39 is 23.1 Å². The van der Waals surface area contributed by atoms with Crippen molar-refractivity contribution < 1.29 is 23.1 Å². The van der Waals surface area contributed by atoms with Crippen LogP contribution in [0.4, 0.5) is 10.1 Å². The van der Waals surface area contributed by atoms with Crippen LogP contribution in [-0.4, -0.2) is 19.8 Å². The smallest absolute Gasteiger partial charge is 0.335 e. The molecule has 0 aliphatic heterocycles. The van der Waals surface area contributed by atoms with Gasteiger partial charge >= 0.3 is 5.97 Å². The molecule has 0 aliphatic rings. The Morgan fingerprint density at radius 1 is 1.18 bits per heavy atom. The van der Waals surface area contributed by atoms with Gasteiger partial charge in [0.2, 0.25) is 0 Å². The first-order valence-corrected chi connectivity index (χ1v) is 7.50. The Balaban J connectivity index is 2.10. The van der Waals surface area contributed by atoms with E-state index in [9.17, 15) is 17.9 Å². The van der Waals surface area contributed by atoms with Gasteiger partial charge < -0.3 is 14.4 Å². The maximum atomic E-state index is 13.4. The maximum absolute atomic E-state index is 13.4. The van der Waals surface area contributed by atoms with Gasteiger partial charge in [0.1, 0.15) is 5.82 Å². The number of aromatic carboxylic acids is 1. The molecule has 0 amide bonds. The lowest BCUT2D eigenvalue weighted by Crippen LogP contribution is -2.05. The molecule has 0 saturated carbocycles. The Morgan fingerprint density at radius 3 is 2.50 bits per heavy atom. The number of carboxylic acid groups (broad SMARTS) is 1. The molecule has 2 aromatic rings. The molecule has 1 atom stereocenters. The number of aryl methyl sites for hydroxylation is 2. The predicted molar refractivity (Wildman–Crippen MR) is 79.8 cm³/mol. The van der Waals surface area contributed by atoms with Crippen molar-refractivity contribution in [2.75, 3.05) is 4.72 Å². The van der Waals surface area contributed by atoms with Crippen molar-refractivity contribution in [1.82, 2.24) is 0 Å². The fraction of sp³-hybridized carbons (Fsp3) is 0.133. The number of anilines is 1. The summed E-state index contributed by atoms with van der Waals surface area (Å²) in [4.78, 5) is 10.9. The molecule has 2 rings (SSSR count). The minimum Gasteiger partial charge on any atom is -0.755 e. The molecule has 0 aliphatic carbocycles. The number of hydrogen-bond acceptors (Lipinski definition) is 3. The van der Waals surface area contributed by atoms with Crippen LogP contribution in [0.1, 0.15) is 21.5 Å². The van der Waals surface area contributed by atoms with Crippen LogP contribution in [-0.2, 0) is 24.1 Å². The summed E-state index contributed by atoms with van der Waals surface area (Å²) in [6.07, 6.45) is 1.09. The minimum atomic E-state index is -2.59. The Kier molecular flexibility index (Phi) is 5.24. The SMILES string of the molecule is O=C(O)c1cccc(CCc2ccc(F)c(NS(=O)[O-])c2)c1. The molecule has 0 bridgehead atoms. The average molecular weight is 322 g/mol. The van der Waals surface area contributed by atoms with Crippen molar-refractivity contribution in [2.45, 2.75) is 12.8 Å². The van der Waals surface area contributed by atoms with Gasteiger partial charge in [-0.15, -0.1) is 0 Å². The van der Waals surface area contributed by atoms with Crippen LogP contribution in [0.25, 0.3) is 0 Å². The van der Waals surface area contributed by atoms with Crippen molar-refractivity contribution in [3.63, 3.8) is 0 Å². The molecule has 0 spiro atoms. The number of benzene rings is 2. The highest BCUT2D eigenvalue weighted by atomic mass is 32.2. The second-order valence-electron chi connectivity index (χ2n) is 4.66. The second-order valence-corrected chi connectivity index (χ2v) is 5.33. The van der Waals surface area contributed by atoms with Gasteiger partial charge in [0.25, 0.3) is 0 Å². The summed E-state index contributed by atoms with van der Waals surface area (Å²) >= 11 is -2.59. The first kappa shape index (κ1) is 16.1. The minimum absolute atomic E-state index is 0.106. The number of carboxylic acids is 1. The molecule has 0 radical (unpaired) electrons. The molecule has 7 heteroatoms. The van der Waals surface area contributed by atoms with Gasteiger partial charge in [-0.05, 0) is 48.2 Å². The zero-order valence-corrected chi connectivity index (χ0v) is 12.2. The van der Waals surface area contributed by atoms with Crippen molar-refractivity contribution in [2.24, 2.45) is 0 Å². The lowest BCUT2D eigenvalue weighted by molar-refractivity contribution is 0.0696. The van der Waals surface area contributed by atoms with E-state index in [0.29, 0.717) is 12.8 Å². The Labute approximate surface area is 129 Å². The van der Waals surface area contributed by atoms with Crippen LogP contribution in [0.15, 0.2) is 42.5 Å². The van der Waals surface area contributed by atoms with Gasteiger partial charge in [-0.25, -0.2) is 9.18 Å². The summed E-state index contributed by atoms with van der Waals surface area (Å²) in [6.45, 7) is 0. The molecule has 0 fully saturated rings. The zero-order valence-electron chi connectivity index (χ0n) is 11.4. The predicted octanol–water partition coefficient (Wildman–Crippen LogP) is 2.52. The number of hydrogen-bond donors (Lipinski definition) is 2. The fourth-order valence-corrected chi connectivity index (χ4v) is 2.38. The summed E-state index contributed by atoms with van der Waals surface area (Å²) in [7, 11) is 0. The fourth-order valence-electron chi connectivity index (χ4n) is 2.04. The standard InChI is InChI=1S/C15H14FNO4S/c16-13-7-6-11(9-14(13)17-22(20)21)5-4-10-2-1-3-12(8-10)15(18)19/h1-3,6-9,17H,4-5H2,(H,18,19)(H,20,21)/p-1. The highest BCUT2D eigenvalue weighted by molar-refractivity contribution is 7.80. The Bertz CT molecular complexity index is 720. The monoisotopic (exact) mass is 322 g/mol. The van der Waals surface area contributed by atoms with E-state index in [1.807, 2.05) is 10.8 Å². The van der Waals surface area contributed by atoms with Gasteiger partial charge in [-0.1, -0.05) is 18.2 Å². The van der Waals surface area contributed by atoms with Crippen molar-refractivity contribution >= 4 is 22.9 Å². The van der Waals surface area contributed by atoms with Crippen molar-refractivity contribution in [3.05, 3.63) is 65.0 Å². The molecule has 1 unspecified atom stereocenters. The summed E-state index contributed by atoms with van der Waals surface area (Å²) in [6, 6.07) is 10.7. The van der Waals surface area contributed by atoms with Crippen LogP contribution in [0, 0.1) is 5.82 Å². The zero-order chi connectivity index (χ0) is 16.1. The van der Waals surface area contributed by atoms with Gasteiger partial charge in [0, 0.05) is 11.3 Å². The molecular formula is C15H13FNO4S-. The molecule has 0 aromatic heterocycles.